The Kier molecular flexibility index (Phi) is 7.18. The number of nitrogens with one attached hydrogen (secondary N) is 1. The summed E-state index contributed by atoms with van der Waals surface area (Å²) in [5.41, 5.74) is 1.56. The zero-order valence-electron chi connectivity index (χ0n) is 16.3. The van der Waals surface area contributed by atoms with Crippen LogP contribution >= 0.6 is 11.3 Å². The van der Waals surface area contributed by atoms with Crippen LogP contribution in [0, 0.1) is 0 Å². The maximum atomic E-state index is 12.5. The van der Waals surface area contributed by atoms with Crippen LogP contribution in [0.25, 0.3) is 0 Å². The highest BCUT2D eigenvalue weighted by atomic mass is 32.1. The SMILES string of the molecule is CCOC(=O)N1CCN(C(=O)Cc2csc(NC(=O)Cc3ccccc3)n2)CC1. The van der Waals surface area contributed by atoms with Crippen LogP contribution in [-0.4, -0.2) is 65.5 Å². The number of carbonyl (C=O) groups excluding carboxylic acids is 3. The summed E-state index contributed by atoms with van der Waals surface area (Å²) in [4.78, 5) is 44.1. The molecule has 1 aliphatic heterocycles. The minimum absolute atomic E-state index is 0.0408. The minimum atomic E-state index is -0.338. The fourth-order valence-electron chi connectivity index (χ4n) is 3.01. The molecule has 1 aromatic carbocycles. The van der Waals surface area contributed by atoms with E-state index < -0.39 is 0 Å². The van der Waals surface area contributed by atoms with Crippen LogP contribution < -0.4 is 5.32 Å². The van der Waals surface area contributed by atoms with Gasteiger partial charge in [-0.3, -0.25) is 9.59 Å². The molecule has 1 N–H and O–H groups in total. The van der Waals surface area contributed by atoms with E-state index in [9.17, 15) is 14.4 Å². The van der Waals surface area contributed by atoms with Crippen LogP contribution in [0.3, 0.4) is 0 Å². The third-order valence-corrected chi connectivity index (χ3v) is 5.30. The van der Waals surface area contributed by atoms with Crippen molar-refractivity contribution in [2.24, 2.45) is 0 Å². The number of piperazine rings is 1. The highest BCUT2D eigenvalue weighted by Gasteiger charge is 2.25. The minimum Gasteiger partial charge on any atom is -0.450 e. The van der Waals surface area contributed by atoms with Gasteiger partial charge in [0, 0.05) is 31.6 Å². The van der Waals surface area contributed by atoms with Crippen LogP contribution in [0.1, 0.15) is 18.2 Å². The van der Waals surface area contributed by atoms with Gasteiger partial charge in [-0.05, 0) is 12.5 Å². The number of amides is 3. The van der Waals surface area contributed by atoms with Crippen molar-refractivity contribution in [3.05, 3.63) is 47.0 Å². The summed E-state index contributed by atoms with van der Waals surface area (Å²) in [5.74, 6) is -0.181. The highest BCUT2D eigenvalue weighted by molar-refractivity contribution is 7.13. The van der Waals surface area contributed by atoms with Crippen LogP contribution in [-0.2, 0) is 27.2 Å². The molecular formula is C20H24N4O4S. The lowest BCUT2D eigenvalue weighted by atomic mass is 10.1. The van der Waals surface area contributed by atoms with Gasteiger partial charge in [-0.25, -0.2) is 9.78 Å². The second-order valence-corrected chi connectivity index (χ2v) is 7.46. The smallest absolute Gasteiger partial charge is 0.409 e. The summed E-state index contributed by atoms with van der Waals surface area (Å²) >= 11 is 1.30. The third kappa shape index (κ3) is 6.02. The molecule has 2 heterocycles. The predicted octanol–water partition coefficient (Wildman–Crippen LogP) is 2.17. The van der Waals surface area contributed by atoms with Gasteiger partial charge in [0.1, 0.15) is 0 Å². The van der Waals surface area contributed by atoms with Gasteiger partial charge in [0.15, 0.2) is 5.13 Å². The van der Waals surface area contributed by atoms with Gasteiger partial charge in [-0.2, -0.15) is 0 Å². The number of nitrogens with zero attached hydrogens (tertiary/aromatic N) is 3. The van der Waals surface area contributed by atoms with E-state index in [0.29, 0.717) is 43.6 Å². The second-order valence-electron chi connectivity index (χ2n) is 6.60. The van der Waals surface area contributed by atoms with Gasteiger partial charge < -0.3 is 19.9 Å². The standard InChI is InChI=1S/C20H24N4O4S/c1-2-28-20(27)24-10-8-23(9-11-24)18(26)13-16-14-29-19(21-16)22-17(25)12-15-6-4-3-5-7-15/h3-7,14H,2,8-13H2,1H3,(H,21,22,25). The summed E-state index contributed by atoms with van der Waals surface area (Å²) < 4.78 is 4.98. The van der Waals surface area contributed by atoms with Crippen molar-refractivity contribution in [2.45, 2.75) is 19.8 Å². The van der Waals surface area contributed by atoms with Crippen LogP contribution in [0.5, 0.6) is 0 Å². The van der Waals surface area contributed by atoms with Gasteiger partial charge in [-0.1, -0.05) is 30.3 Å². The molecule has 29 heavy (non-hydrogen) atoms. The Morgan fingerprint density at radius 1 is 1.07 bits per heavy atom. The van der Waals surface area contributed by atoms with E-state index in [0.717, 1.165) is 5.56 Å². The van der Waals surface area contributed by atoms with Gasteiger partial charge in [0.2, 0.25) is 11.8 Å². The first-order chi connectivity index (χ1) is 14.0. The monoisotopic (exact) mass is 416 g/mol. The number of benzene rings is 1. The molecule has 0 spiro atoms. The van der Waals surface area contributed by atoms with Gasteiger partial charge in [0.25, 0.3) is 0 Å². The van der Waals surface area contributed by atoms with Gasteiger partial charge >= 0.3 is 6.09 Å². The number of hydrogen-bond donors (Lipinski definition) is 1. The molecule has 8 nitrogen and oxygen atoms in total. The van der Waals surface area contributed by atoms with Gasteiger partial charge in [-0.15, -0.1) is 11.3 Å². The lowest BCUT2D eigenvalue weighted by Crippen LogP contribution is -2.51. The molecule has 0 aliphatic carbocycles. The molecule has 9 heteroatoms. The zero-order valence-corrected chi connectivity index (χ0v) is 17.1. The molecule has 1 aliphatic rings. The molecule has 1 fully saturated rings. The average molecular weight is 417 g/mol. The molecule has 1 saturated heterocycles. The van der Waals surface area contributed by atoms with Crippen molar-refractivity contribution in [3.63, 3.8) is 0 Å². The second kappa shape index (κ2) is 10.0. The van der Waals surface area contributed by atoms with Crippen molar-refractivity contribution < 1.29 is 19.1 Å². The topological polar surface area (TPSA) is 91.8 Å². The van der Waals surface area contributed by atoms with Crippen LogP contribution in [0.4, 0.5) is 9.93 Å². The van der Waals surface area contributed by atoms with E-state index in [2.05, 4.69) is 10.3 Å². The molecular weight excluding hydrogens is 392 g/mol. The number of carbonyl (C=O) groups is 3. The lowest BCUT2D eigenvalue weighted by Gasteiger charge is -2.34. The predicted molar refractivity (Wildman–Crippen MR) is 110 cm³/mol. The Hall–Kier alpha value is -2.94. The lowest BCUT2D eigenvalue weighted by molar-refractivity contribution is -0.132. The molecule has 154 valence electrons. The molecule has 3 amide bonds. The fourth-order valence-corrected chi connectivity index (χ4v) is 3.74. The van der Waals surface area contributed by atoms with Crippen molar-refractivity contribution >= 4 is 34.4 Å². The maximum Gasteiger partial charge on any atom is 0.409 e. The zero-order chi connectivity index (χ0) is 20.6. The molecule has 2 aromatic rings. The Balaban J connectivity index is 1.45. The van der Waals surface area contributed by atoms with E-state index in [-0.39, 0.29) is 30.7 Å². The molecule has 1 aromatic heterocycles. The normalized spacial score (nSPS) is 13.8. The first-order valence-corrected chi connectivity index (χ1v) is 10.4. The van der Waals surface area contributed by atoms with E-state index in [1.807, 2.05) is 30.3 Å². The first kappa shape index (κ1) is 20.8. The van der Waals surface area contributed by atoms with Gasteiger partial charge in [0.05, 0.1) is 25.1 Å². The number of anilines is 1. The summed E-state index contributed by atoms with van der Waals surface area (Å²) in [6, 6.07) is 9.48. The van der Waals surface area contributed by atoms with E-state index in [4.69, 9.17) is 4.74 Å². The summed E-state index contributed by atoms with van der Waals surface area (Å²) in [5, 5.41) is 5.05. The quantitative estimate of drug-likeness (QED) is 0.779. The number of ether oxygens (including phenoxy) is 1. The average Bonchev–Trinajstić information content (AvgIpc) is 3.15. The van der Waals surface area contributed by atoms with Crippen LogP contribution in [0.15, 0.2) is 35.7 Å². The number of aromatic nitrogens is 1. The van der Waals surface area contributed by atoms with E-state index in [1.165, 1.54) is 11.3 Å². The number of hydrogen-bond acceptors (Lipinski definition) is 6. The van der Waals surface area contributed by atoms with Crippen molar-refractivity contribution in [3.8, 4) is 0 Å². The first-order valence-electron chi connectivity index (χ1n) is 9.53. The van der Waals surface area contributed by atoms with Crippen molar-refractivity contribution in [1.29, 1.82) is 0 Å². The molecule has 0 saturated carbocycles. The highest BCUT2D eigenvalue weighted by Crippen LogP contribution is 2.17. The Morgan fingerprint density at radius 3 is 2.45 bits per heavy atom. The van der Waals surface area contributed by atoms with Crippen molar-refractivity contribution in [1.82, 2.24) is 14.8 Å². The summed E-state index contributed by atoms with van der Waals surface area (Å²) in [6.07, 6.45) is 0.110. The fraction of sp³-hybridized carbons (Fsp3) is 0.400. The summed E-state index contributed by atoms with van der Waals surface area (Å²) in [7, 11) is 0. The summed E-state index contributed by atoms with van der Waals surface area (Å²) in [6.45, 7) is 3.98. The van der Waals surface area contributed by atoms with Crippen LogP contribution in [0.2, 0.25) is 0 Å². The Morgan fingerprint density at radius 2 is 1.76 bits per heavy atom. The molecule has 0 unspecified atom stereocenters. The molecule has 0 radical (unpaired) electrons. The molecule has 0 bridgehead atoms. The third-order valence-electron chi connectivity index (χ3n) is 4.50. The maximum absolute atomic E-state index is 12.5. The Labute approximate surface area is 173 Å². The Bertz CT molecular complexity index is 847. The number of thiazole rings is 1. The van der Waals surface area contributed by atoms with Crippen molar-refractivity contribution in [2.75, 3.05) is 38.1 Å². The largest absolute Gasteiger partial charge is 0.450 e. The van der Waals surface area contributed by atoms with E-state index in [1.54, 1.807) is 22.1 Å². The number of rotatable bonds is 6. The molecule has 3 rings (SSSR count). The van der Waals surface area contributed by atoms with E-state index >= 15 is 0 Å². The molecule has 0 atom stereocenters.